The number of aryl methyl sites for hydroxylation is 1. The minimum atomic E-state index is 0. The Kier molecular flexibility index (Phi) is 4.48. The first-order chi connectivity index (χ1) is 8.43. The minimum Gasteiger partial charge on any atom is -0.397 e. The third-order valence-electron chi connectivity index (χ3n) is 3.88. The fourth-order valence-corrected chi connectivity index (χ4v) is 2.28. The van der Waals surface area contributed by atoms with Crippen molar-refractivity contribution in [2.45, 2.75) is 27.7 Å². The molecule has 2 rings (SSSR count). The maximum atomic E-state index is 5.99. The van der Waals surface area contributed by atoms with E-state index in [9.17, 15) is 0 Å². The van der Waals surface area contributed by atoms with Gasteiger partial charge in [0.1, 0.15) is 0 Å². The summed E-state index contributed by atoms with van der Waals surface area (Å²) in [4.78, 5) is 0. The van der Waals surface area contributed by atoms with E-state index in [0.29, 0.717) is 11.4 Å². The number of hydrogen-bond acceptors (Lipinski definition) is 2. The first-order valence-electron chi connectivity index (χ1n) is 6.15. The summed E-state index contributed by atoms with van der Waals surface area (Å²) in [5.41, 5.74) is 20.6. The summed E-state index contributed by atoms with van der Waals surface area (Å²) in [5.74, 6) is 0. The fraction of sp³-hybridized carbons (Fsp3) is 0.250. The van der Waals surface area contributed by atoms with Crippen molar-refractivity contribution in [3.63, 3.8) is 0 Å². The van der Waals surface area contributed by atoms with Gasteiger partial charge in [0.2, 0.25) is 0 Å². The molecule has 0 saturated carbocycles. The normalized spacial score (nSPS) is 10.1. The number of benzene rings is 2. The molecule has 2 nitrogen and oxygen atoms in total. The molecule has 0 heterocycles. The van der Waals surface area contributed by atoms with Gasteiger partial charge in [-0.25, -0.2) is 0 Å². The second kappa shape index (κ2) is 5.54. The summed E-state index contributed by atoms with van der Waals surface area (Å²) < 4.78 is 0. The second-order valence-electron chi connectivity index (χ2n) is 4.92. The lowest BCUT2D eigenvalue weighted by Gasteiger charge is -2.16. The van der Waals surface area contributed by atoms with Crippen molar-refractivity contribution in [2.24, 2.45) is 0 Å². The van der Waals surface area contributed by atoms with Crippen LogP contribution in [0.1, 0.15) is 22.3 Å². The monoisotopic (exact) mass is 276 g/mol. The molecule has 0 amide bonds. The van der Waals surface area contributed by atoms with Crippen LogP contribution in [0.4, 0.5) is 11.4 Å². The molecule has 0 radical (unpaired) electrons. The fourth-order valence-electron chi connectivity index (χ4n) is 2.28. The lowest BCUT2D eigenvalue weighted by atomic mass is 9.91. The predicted octanol–water partition coefficient (Wildman–Crippen LogP) is 4.17. The summed E-state index contributed by atoms with van der Waals surface area (Å²) in [5, 5.41) is 0. The lowest BCUT2D eigenvalue weighted by molar-refractivity contribution is 1.30. The molecule has 0 saturated heterocycles. The molecule has 3 heteroatoms. The van der Waals surface area contributed by atoms with Crippen LogP contribution in [-0.2, 0) is 0 Å². The molecule has 0 atom stereocenters. The van der Waals surface area contributed by atoms with Gasteiger partial charge in [0, 0.05) is 0 Å². The first-order valence-corrected chi connectivity index (χ1v) is 6.15. The SMILES string of the molecule is Cc1cccc(-c2cc(N)c(N)c(C)c2C)c1C.Cl. The van der Waals surface area contributed by atoms with Gasteiger partial charge in [0.05, 0.1) is 11.4 Å². The summed E-state index contributed by atoms with van der Waals surface area (Å²) in [7, 11) is 0. The summed E-state index contributed by atoms with van der Waals surface area (Å²) in [6, 6.07) is 8.33. The molecule has 102 valence electrons. The molecule has 0 aliphatic carbocycles. The minimum absolute atomic E-state index is 0. The van der Waals surface area contributed by atoms with Gasteiger partial charge in [-0.05, 0) is 67.1 Å². The van der Waals surface area contributed by atoms with E-state index in [1.54, 1.807) is 0 Å². The summed E-state index contributed by atoms with van der Waals surface area (Å²) in [6.45, 7) is 8.39. The Morgan fingerprint density at radius 1 is 0.789 bits per heavy atom. The van der Waals surface area contributed by atoms with Crippen molar-refractivity contribution in [1.29, 1.82) is 0 Å². The molecule has 2 aromatic rings. The molecule has 0 unspecified atom stereocenters. The van der Waals surface area contributed by atoms with Crippen molar-refractivity contribution < 1.29 is 0 Å². The van der Waals surface area contributed by atoms with Crippen LogP contribution in [0.2, 0.25) is 0 Å². The van der Waals surface area contributed by atoms with Crippen LogP contribution < -0.4 is 11.5 Å². The van der Waals surface area contributed by atoms with Gasteiger partial charge in [-0.3, -0.25) is 0 Å². The predicted molar refractivity (Wildman–Crippen MR) is 86.9 cm³/mol. The molecule has 2 aromatic carbocycles. The van der Waals surface area contributed by atoms with Gasteiger partial charge in [0.15, 0.2) is 0 Å². The molecule has 0 spiro atoms. The van der Waals surface area contributed by atoms with Gasteiger partial charge < -0.3 is 11.5 Å². The van der Waals surface area contributed by atoms with Crippen LogP contribution in [0.3, 0.4) is 0 Å². The van der Waals surface area contributed by atoms with Crippen molar-refractivity contribution in [1.82, 2.24) is 0 Å². The number of halogens is 1. The van der Waals surface area contributed by atoms with E-state index in [-0.39, 0.29) is 12.4 Å². The zero-order valence-corrected chi connectivity index (χ0v) is 12.7. The molecule has 0 bridgehead atoms. The maximum Gasteiger partial charge on any atom is 0.0580 e. The van der Waals surface area contributed by atoms with Crippen LogP contribution in [0, 0.1) is 27.7 Å². The molecule has 0 aliphatic heterocycles. The van der Waals surface area contributed by atoms with E-state index in [0.717, 1.165) is 5.56 Å². The zero-order chi connectivity index (χ0) is 13.4. The first kappa shape index (κ1) is 15.4. The van der Waals surface area contributed by atoms with Crippen molar-refractivity contribution in [2.75, 3.05) is 11.5 Å². The zero-order valence-electron chi connectivity index (χ0n) is 11.9. The van der Waals surface area contributed by atoms with Gasteiger partial charge in [-0.2, -0.15) is 0 Å². The number of nitrogen functional groups attached to an aromatic ring is 2. The maximum absolute atomic E-state index is 5.99. The van der Waals surface area contributed by atoms with Crippen LogP contribution in [0.15, 0.2) is 24.3 Å². The van der Waals surface area contributed by atoms with E-state index in [1.165, 1.54) is 27.8 Å². The lowest BCUT2D eigenvalue weighted by Crippen LogP contribution is -2.01. The average molecular weight is 277 g/mol. The Balaban J connectivity index is 0.00000180. The number of hydrogen-bond donors (Lipinski definition) is 2. The summed E-state index contributed by atoms with van der Waals surface area (Å²) >= 11 is 0. The average Bonchev–Trinajstić information content (AvgIpc) is 2.35. The second-order valence-corrected chi connectivity index (χ2v) is 4.92. The third kappa shape index (κ3) is 2.54. The third-order valence-corrected chi connectivity index (χ3v) is 3.88. The van der Waals surface area contributed by atoms with E-state index in [2.05, 4.69) is 39.0 Å². The molecular weight excluding hydrogens is 256 g/mol. The molecule has 19 heavy (non-hydrogen) atoms. The topological polar surface area (TPSA) is 52.0 Å². The van der Waals surface area contributed by atoms with Crippen LogP contribution in [0.5, 0.6) is 0 Å². The number of nitrogens with two attached hydrogens (primary N) is 2. The van der Waals surface area contributed by atoms with Gasteiger partial charge in [-0.15, -0.1) is 12.4 Å². The van der Waals surface area contributed by atoms with E-state index in [1.807, 2.05) is 13.0 Å². The van der Waals surface area contributed by atoms with E-state index < -0.39 is 0 Å². The molecule has 0 fully saturated rings. The summed E-state index contributed by atoms with van der Waals surface area (Å²) in [6.07, 6.45) is 0. The Hall–Kier alpha value is -1.67. The van der Waals surface area contributed by atoms with Gasteiger partial charge in [-0.1, -0.05) is 18.2 Å². The standard InChI is InChI=1S/C16H20N2.ClH/c1-9-6-5-7-13(10(9)2)14-8-15(17)16(18)12(4)11(14)3;/h5-8H,17-18H2,1-4H3;1H. The van der Waals surface area contributed by atoms with Crippen LogP contribution in [-0.4, -0.2) is 0 Å². The highest BCUT2D eigenvalue weighted by Gasteiger charge is 2.12. The number of anilines is 2. The van der Waals surface area contributed by atoms with E-state index in [4.69, 9.17) is 11.5 Å². The number of rotatable bonds is 1. The molecule has 0 aliphatic rings. The van der Waals surface area contributed by atoms with Crippen molar-refractivity contribution in [3.8, 4) is 11.1 Å². The molecule has 4 N–H and O–H groups in total. The van der Waals surface area contributed by atoms with Gasteiger partial charge >= 0.3 is 0 Å². The Bertz CT molecular complexity index is 619. The Morgan fingerprint density at radius 2 is 1.42 bits per heavy atom. The largest absolute Gasteiger partial charge is 0.397 e. The highest BCUT2D eigenvalue weighted by Crippen LogP contribution is 2.35. The smallest absolute Gasteiger partial charge is 0.0580 e. The Morgan fingerprint density at radius 3 is 2.05 bits per heavy atom. The quantitative estimate of drug-likeness (QED) is 0.768. The highest BCUT2D eigenvalue weighted by atomic mass is 35.5. The Labute approximate surface area is 121 Å². The van der Waals surface area contributed by atoms with E-state index >= 15 is 0 Å². The van der Waals surface area contributed by atoms with Crippen molar-refractivity contribution >= 4 is 23.8 Å². The highest BCUT2D eigenvalue weighted by molar-refractivity contribution is 5.85. The molecule has 0 aromatic heterocycles. The van der Waals surface area contributed by atoms with Crippen molar-refractivity contribution in [3.05, 3.63) is 46.5 Å². The van der Waals surface area contributed by atoms with Crippen LogP contribution >= 0.6 is 12.4 Å². The van der Waals surface area contributed by atoms with Crippen LogP contribution in [0.25, 0.3) is 11.1 Å². The van der Waals surface area contributed by atoms with Gasteiger partial charge in [0.25, 0.3) is 0 Å². The molecular formula is C16H21ClN2.